The molecule has 130 valence electrons. The molecule has 0 unspecified atom stereocenters. The number of hydrogen-bond acceptors (Lipinski definition) is 2. The standard InChI is InChI=1S/C21H25N3O/c1-23-11-6-16(7-12-23)19-15-22-20-5-4-17(14-18(19)20)21(25)8-13-24-9-2-3-10-24/h2-5,9-10,14-16,22H,6-8,11-13H2,1H3. The van der Waals surface area contributed by atoms with Crippen LogP contribution < -0.4 is 0 Å². The van der Waals surface area contributed by atoms with Crippen LogP contribution in [0.3, 0.4) is 0 Å². The maximum absolute atomic E-state index is 12.6. The van der Waals surface area contributed by atoms with E-state index >= 15 is 0 Å². The van der Waals surface area contributed by atoms with Crippen molar-refractivity contribution < 1.29 is 4.79 Å². The SMILES string of the molecule is CN1CCC(c2c[nH]c3ccc(C(=O)CCn4cccc4)cc23)CC1. The summed E-state index contributed by atoms with van der Waals surface area (Å²) in [6.07, 6.45) is 9.06. The molecular formula is C21H25N3O. The minimum absolute atomic E-state index is 0.214. The highest BCUT2D eigenvalue weighted by atomic mass is 16.1. The van der Waals surface area contributed by atoms with Gasteiger partial charge >= 0.3 is 0 Å². The second kappa shape index (κ2) is 6.89. The Morgan fingerprint density at radius 3 is 2.72 bits per heavy atom. The van der Waals surface area contributed by atoms with Crippen molar-refractivity contribution in [3.8, 4) is 0 Å². The molecule has 1 aliphatic rings. The van der Waals surface area contributed by atoms with Gasteiger partial charge in [0.25, 0.3) is 0 Å². The molecule has 3 heterocycles. The van der Waals surface area contributed by atoms with Gasteiger partial charge in [-0.25, -0.2) is 0 Å². The van der Waals surface area contributed by atoms with E-state index in [1.807, 2.05) is 30.6 Å². The fraction of sp³-hybridized carbons (Fsp3) is 0.381. The summed E-state index contributed by atoms with van der Waals surface area (Å²) in [6.45, 7) is 3.03. The summed E-state index contributed by atoms with van der Waals surface area (Å²) < 4.78 is 2.05. The van der Waals surface area contributed by atoms with E-state index < -0.39 is 0 Å². The molecule has 4 rings (SSSR count). The average molecular weight is 335 g/mol. The van der Waals surface area contributed by atoms with Crippen LogP contribution in [0.5, 0.6) is 0 Å². The zero-order chi connectivity index (χ0) is 17.2. The Labute approximate surface area is 148 Å². The van der Waals surface area contributed by atoms with Crippen LogP contribution in [0, 0.1) is 0 Å². The maximum Gasteiger partial charge on any atom is 0.164 e. The zero-order valence-corrected chi connectivity index (χ0v) is 14.7. The van der Waals surface area contributed by atoms with Crippen LogP contribution in [-0.4, -0.2) is 40.4 Å². The van der Waals surface area contributed by atoms with Crippen LogP contribution in [0.25, 0.3) is 10.9 Å². The summed E-state index contributed by atoms with van der Waals surface area (Å²) >= 11 is 0. The lowest BCUT2D eigenvalue weighted by Gasteiger charge is -2.28. The number of benzene rings is 1. The summed E-state index contributed by atoms with van der Waals surface area (Å²) in [6, 6.07) is 10.1. The van der Waals surface area contributed by atoms with Gasteiger partial charge in [-0.3, -0.25) is 4.79 Å². The van der Waals surface area contributed by atoms with Crippen LogP contribution in [0.2, 0.25) is 0 Å². The number of likely N-dealkylation sites (tertiary alicyclic amines) is 1. The second-order valence-corrected chi connectivity index (χ2v) is 7.18. The highest BCUT2D eigenvalue weighted by Gasteiger charge is 2.21. The maximum atomic E-state index is 12.6. The Bertz CT molecular complexity index is 855. The van der Waals surface area contributed by atoms with Crippen molar-refractivity contribution in [2.24, 2.45) is 0 Å². The van der Waals surface area contributed by atoms with E-state index in [0.717, 1.165) is 30.7 Å². The third kappa shape index (κ3) is 3.40. The van der Waals surface area contributed by atoms with Gasteiger partial charge in [-0.15, -0.1) is 0 Å². The molecule has 4 heteroatoms. The third-order valence-electron chi connectivity index (χ3n) is 5.46. The predicted molar refractivity (Wildman–Crippen MR) is 101 cm³/mol. The highest BCUT2D eigenvalue weighted by Crippen LogP contribution is 2.33. The Balaban J connectivity index is 1.54. The number of ketones is 1. The fourth-order valence-corrected chi connectivity index (χ4v) is 3.87. The molecule has 0 amide bonds. The van der Waals surface area contributed by atoms with Crippen molar-refractivity contribution >= 4 is 16.7 Å². The largest absolute Gasteiger partial charge is 0.361 e. The Kier molecular flexibility index (Phi) is 4.45. The molecule has 0 atom stereocenters. The summed E-state index contributed by atoms with van der Waals surface area (Å²) in [5.41, 5.74) is 3.34. The predicted octanol–water partition coefficient (Wildman–Crippen LogP) is 4.05. The Hall–Kier alpha value is -2.33. The number of carbonyl (C=O) groups excluding carboxylic acids is 1. The van der Waals surface area contributed by atoms with E-state index in [-0.39, 0.29) is 5.78 Å². The molecule has 0 radical (unpaired) electrons. The summed E-state index contributed by atoms with van der Waals surface area (Å²) in [7, 11) is 2.19. The number of aromatic amines is 1. The molecule has 0 aliphatic carbocycles. The van der Waals surface area contributed by atoms with E-state index in [1.54, 1.807) is 0 Å². The van der Waals surface area contributed by atoms with E-state index in [1.165, 1.54) is 23.8 Å². The molecule has 0 spiro atoms. The van der Waals surface area contributed by atoms with Gasteiger partial charge < -0.3 is 14.5 Å². The first-order valence-electron chi connectivity index (χ1n) is 9.14. The van der Waals surface area contributed by atoms with Gasteiger partial charge in [-0.1, -0.05) is 0 Å². The number of Topliss-reactive ketones (excluding diaryl/α,β-unsaturated/α-hetero) is 1. The molecule has 1 saturated heterocycles. The molecule has 1 aliphatic heterocycles. The summed E-state index contributed by atoms with van der Waals surface area (Å²) in [5, 5.41) is 1.22. The van der Waals surface area contributed by atoms with E-state index in [2.05, 4.69) is 39.8 Å². The lowest BCUT2D eigenvalue weighted by Crippen LogP contribution is -2.29. The third-order valence-corrected chi connectivity index (χ3v) is 5.46. The lowest BCUT2D eigenvalue weighted by molar-refractivity contribution is 0.0977. The van der Waals surface area contributed by atoms with Crippen LogP contribution in [0.4, 0.5) is 0 Å². The van der Waals surface area contributed by atoms with Crippen molar-refractivity contribution in [2.75, 3.05) is 20.1 Å². The Morgan fingerprint density at radius 2 is 1.96 bits per heavy atom. The minimum atomic E-state index is 0.214. The van der Waals surface area contributed by atoms with Gasteiger partial charge in [0.2, 0.25) is 0 Å². The lowest BCUT2D eigenvalue weighted by atomic mass is 9.89. The molecular weight excluding hydrogens is 310 g/mol. The van der Waals surface area contributed by atoms with E-state index in [4.69, 9.17) is 0 Å². The van der Waals surface area contributed by atoms with E-state index in [0.29, 0.717) is 12.3 Å². The fourth-order valence-electron chi connectivity index (χ4n) is 3.87. The van der Waals surface area contributed by atoms with Gasteiger partial charge in [-0.05, 0) is 74.8 Å². The van der Waals surface area contributed by atoms with Crippen LogP contribution in [0.1, 0.15) is 41.1 Å². The molecule has 0 bridgehead atoms. The van der Waals surface area contributed by atoms with Gasteiger partial charge in [0, 0.05) is 48.0 Å². The van der Waals surface area contributed by atoms with Gasteiger partial charge in [0.1, 0.15) is 0 Å². The minimum Gasteiger partial charge on any atom is -0.361 e. The molecule has 0 saturated carbocycles. The first-order chi connectivity index (χ1) is 12.2. The van der Waals surface area contributed by atoms with Crippen molar-refractivity contribution in [1.82, 2.24) is 14.5 Å². The van der Waals surface area contributed by atoms with Crippen LogP contribution in [0.15, 0.2) is 48.9 Å². The van der Waals surface area contributed by atoms with Crippen LogP contribution in [-0.2, 0) is 6.54 Å². The van der Waals surface area contributed by atoms with Crippen molar-refractivity contribution in [3.05, 3.63) is 60.0 Å². The summed E-state index contributed by atoms with van der Waals surface area (Å²) in [5.74, 6) is 0.807. The topological polar surface area (TPSA) is 41.0 Å². The molecule has 3 aromatic rings. The molecule has 1 N–H and O–H groups in total. The second-order valence-electron chi connectivity index (χ2n) is 7.18. The van der Waals surface area contributed by atoms with Gasteiger partial charge in [-0.2, -0.15) is 0 Å². The molecule has 1 fully saturated rings. The number of aromatic nitrogens is 2. The summed E-state index contributed by atoms with van der Waals surface area (Å²) in [4.78, 5) is 18.4. The van der Waals surface area contributed by atoms with Crippen LogP contribution >= 0.6 is 0 Å². The van der Waals surface area contributed by atoms with E-state index in [9.17, 15) is 4.79 Å². The van der Waals surface area contributed by atoms with Gasteiger partial charge in [0.05, 0.1) is 0 Å². The zero-order valence-electron chi connectivity index (χ0n) is 14.7. The number of hydrogen-bond donors (Lipinski definition) is 1. The van der Waals surface area contributed by atoms with Crippen molar-refractivity contribution in [2.45, 2.75) is 31.7 Å². The number of rotatable bonds is 5. The first kappa shape index (κ1) is 16.2. The highest BCUT2D eigenvalue weighted by molar-refractivity contribution is 6.00. The molecule has 1 aromatic carbocycles. The number of nitrogens with zero attached hydrogens (tertiary/aromatic N) is 2. The molecule has 4 nitrogen and oxygen atoms in total. The monoisotopic (exact) mass is 335 g/mol. The first-order valence-corrected chi connectivity index (χ1v) is 9.14. The quantitative estimate of drug-likeness (QED) is 0.715. The number of piperidine rings is 1. The smallest absolute Gasteiger partial charge is 0.164 e. The molecule has 25 heavy (non-hydrogen) atoms. The number of H-pyrrole nitrogens is 1. The van der Waals surface area contributed by atoms with Crippen molar-refractivity contribution in [3.63, 3.8) is 0 Å². The van der Waals surface area contributed by atoms with Crippen molar-refractivity contribution in [1.29, 1.82) is 0 Å². The number of fused-ring (bicyclic) bond motifs is 1. The number of aryl methyl sites for hydroxylation is 1. The number of nitrogens with one attached hydrogen (secondary N) is 1. The Morgan fingerprint density at radius 1 is 1.20 bits per heavy atom. The normalized spacial score (nSPS) is 16.5. The number of carbonyl (C=O) groups is 1. The van der Waals surface area contributed by atoms with Gasteiger partial charge in [0.15, 0.2) is 5.78 Å². The molecule has 2 aromatic heterocycles. The average Bonchev–Trinajstić information content (AvgIpc) is 3.29.